The lowest BCUT2D eigenvalue weighted by atomic mass is 10.2. The Labute approximate surface area is 71.3 Å². The number of aromatic nitrogens is 1. The lowest BCUT2D eigenvalue weighted by Gasteiger charge is -2.04. The van der Waals surface area contributed by atoms with E-state index in [1.807, 2.05) is 25.1 Å². The monoisotopic (exact) mass is 164 g/mol. The molecule has 0 aromatic carbocycles. The van der Waals surface area contributed by atoms with Crippen molar-refractivity contribution in [3.05, 3.63) is 30.1 Å². The van der Waals surface area contributed by atoms with E-state index >= 15 is 0 Å². The number of nitrogens with zero attached hydrogens (tertiary/aromatic N) is 2. The first-order chi connectivity index (χ1) is 5.70. The summed E-state index contributed by atoms with van der Waals surface area (Å²) >= 11 is 0. The van der Waals surface area contributed by atoms with Crippen LogP contribution < -0.4 is 11.5 Å². The fraction of sp³-hybridized carbons (Fsp3) is 0.250. The Morgan fingerprint density at radius 1 is 1.50 bits per heavy atom. The highest BCUT2D eigenvalue weighted by Crippen LogP contribution is 2.11. The maximum Gasteiger partial charge on any atom is 0.186 e. The molecule has 1 atom stereocenters. The van der Waals surface area contributed by atoms with Gasteiger partial charge in [-0.05, 0) is 19.1 Å². The van der Waals surface area contributed by atoms with Crippen LogP contribution in [-0.2, 0) is 0 Å². The van der Waals surface area contributed by atoms with Crippen LogP contribution in [0, 0.1) is 0 Å². The average Bonchev–Trinajstić information content (AvgIpc) is 2.05. The van der Waals surface area contributed by atoms with Crippen LogP contribution in [0.3, 0.4) is 0 Å². The molecule has 0 radical (unpaired) electrons. The van der Waals surface area contributed by atoms with Crippen molar-refractivity contribution in [3.8, 4) is 0 Å². The Kier molecular flexibility index (Phi) is 2.63. The molecule has 4 heteroatoms. The van der Waals surface area contributed by atoms with Crippen LogP contribution in [0.15, 0.2) is 29.4 Å². The molecular weight excluding hydrogens is 152 g/mol. The molecule has 0 aliphatic carbocycles. The van der Waals surface area contributed by atoms with E-state index in [1.54, 1.807) is 6.20 Å². The average molecular weight is 164 g/mol. The van der Waals surface area contributed by atoms with E-state index in [-0.39, 0.29) is 12.0 Å². The number of guanidine groups is 1. The van der Waals surface area contributed by atoms with E-state index in [0.29, 0.717) is 0 Å². The summed E-state index contributed by atoms with van der Waals surface area (Å²) in [5, 5.41) is 0. The summed E-state index contributed by atoms with van der Waals surface area (Å²) in [7, 11) is 0. The molecule has 0 saturated carbocycles. The van der Waals surface area contributed by atoms with Gasteiger partial charge in [-0.3, -0.25) is 4.98 Å². The summed E-state index contributed by atoms with van der Waals surface area (Å²) in [4.78, 5) is 8.07. The highest BCUT2D eigenvalue weighted by molar-refractivity contribution is 5.75. The molecule has 0 bridgehead atoms. The zero-order chi connectivity index (χ0) is 8.97. The molecular formula is C8H12N4. The number of aliphatic imine (C=N–C) groups is 1. The van der Waals surface area contributed by atoms with Crippen LogP contribution in [-0.4, -0.2) is 10.9 Å². The second-order valence-corrected chi connectivity index (χ2v) is 2.48. The highest BCUT2D eigenvalue weighted by atomic mass is 15.0. The Balaban J connectivity index is 2.79. The van der Waals surface area contributed by atoms with Gasteiger partial charge in [-0.15, -0.1) is 0 Å². The molecule has 0 aliphatic rings. The standard InChI is InChI=1S/C8H12N4/c1-6(12-8(9)10)7-4-2-3-5-11-7/h2-6H,1H3,(H4,9,10,12). The van der Waals surface area contributed by atoms with Gasteiger partial charge in [-0.25, -0.2) is 4.99 Å². The minimum Gasteiger partial charge on any atom is -0.370 e. The van der Waals surface area contributed by atoms with Crippen molar-refractivity contribution in [2.24, 2.45) is 16.5 Å². The van der Waals surface area contributed by atoms with Crippen molar-refractivity contribution >= 4 is 5.96 Å². The summed E-state index contributed by atoms with van der Waals surface area (Å²) in [6, 6.07) is 5.57. The number of pyridine rings is 1. The SMILES string of the molecule is CC(N=C(N)N)c1ccccn1. The fourth-order valence-electron chi connectivity index (χ4n) is 0.913. The minimum absolute atomic E-state index is 0.0730. The van der Waals surface area contributed by atoms with Crippen LogP contribution in [0.2, 0.25) is 0 Å². The van der Waals surface area contributed by atoms with Crippen molar-refractivity contribution < 1.29 is 0 Å². The molecule has 1 unspecified atom stereocenters. The second-order valence-electron chi connectivity index (χ2n) is 2.48. The van der Waals surface area contributed by atoms with Gasteiger partial charge in [0, 0.05) is 6.20 Å². The normalized spacial score (nSPS) is 12.1. The number of nitrogens with two attached hydrogens (primary N) is 2. The summed E-state index contributed by atoms with van der Waals surface area (Å²) in [6.07, 6.45) is 1.72. The quantitative estimate of drug-likeness (QED) is 0.491. The smallest absolute Gasteiger partial charge is 0.186 e. The number of hydrogen-bond donors (Lipinski definition) is 2. The van der Waals surface area contributed by atoms with Gasteiger partial charge in [0.2, 0.25) is 0 Å². The van der Waals surface area contributed by atoms with Crippen LogP contribution in [0.5, 0.6) is 0 Å². The van der Waals surface area contributed by atoms with Gasteiger partial charge >= 0.3 is 0 Å². The number of rotatable bonds is 2. The molecule has 1 aromatic heterocycles. The first-order valence-electron chi connectivity index (χ1n) is 3.70. The summed E-state index contributed by atoms with van der Waals surface area (Å²) < 4.78 is 0. The molecule has 64 valence electrons. The molecule has 0 spiro atoms. The van der Waals surface area contributed by atoms with Crippen molar-refractivity contribution in [1.82, 2.24) is 4.98 Å². The van der Waals surface area contributed by atoms with Crippen molar-refractivity contribution in [2.75, 3.05) is 0 Å². The van der Waals surface area contributed by atoms with Crippen molar-refractivity contribution in [2.45, 2.75) is 13.0 Å². The minimum atomic E-state index is -0.0730. The van der Waals surface area contributed by atoms with Gasteiger partial charge in [0.1, 0.15) is 0 Å². The zero-order valence-corrected chi connectivity index (χ0v) is 6.94. The first-order valence-corrected chi connectivity index (χ1v) is 3.70. The molecule has 0 amide bonds. The second kappa shape index (κ2) is 3.71. The Hall–Kier alpha value is -1.58. The van der Waals surface area contributed by atoms with Crippen molar-refractivity contribution in [1.29, 1.82) is 0 Å². The maximum absolute atomic E-state index is 5.23. The lowest BCUT2D eigenvalue weighted by Crippen LogP contribution is -2.23. The first kappa shape index (κ1) is 8.52. The third-order valence-corrected chi connectivity index (χ3v) is 1.46. The van der Waals surface area contributed by atoms with E-state index < -0.39 is 0 Å². The number of hydrogen-bond acceptors (Lipinski definition) is 2. The van der Waals surface area contributed by atoms with Crippen LogP contribution in [0.1, 0.15) is 18.7 Å². The van der Waals surface area contributed by atoms with Gasteiger partial charge < -0.3 is 11.5 Å². The highest BCUT2D eigenvalue weighted by Gasteiger charge is 2.02. The fourth-order valence-corrected chi connectivity index (χ4v) is 0.913. The van der Waals surface area contributed by atoms with Gasteiger partial charge in [0.15, 0.2) is 5.96 Å². The van der Waals surface area contributed by atoms with Crippen molar-refractivity contribution in [3.63, 3.8) is 0 Å². The third kappa shape index (κ3) is 2.23. The van der Waals surface area contributed by atoms with Crippen LogP contribution in [0.25, 0.3) is 0 Å². The van der Waals surface area contributed by atoms with E-state index in [1.165, 1.54) is 0 Å². The predicted molar refractivity (Wildman–Crippen MR) is 48.5 cm³/mol. The van der Waals surface area contributed by atoms with Crippen LogP contribution >= 0.6 is 0 Å². The molecule has 1 aromatic rings. The van der Waals surface area contributed by atoms with E-state index in [0.717, 1.165) is 5.69 Å². The topological polar surface area (TPSA) is 77.3 Å². The molecule has 0 aliphatic heterocycles. The molecule has 4 nitrogen and oxygen atoms in total. The van der Waals surface area contributed by atoms with E-state index in [9.17, 15) is 0 Å². The largest absolute Gasteiger partial charge is 0.370 e. The Morgan fingerprint density at radius 2 is 2.25 bits per heavy atom. The predicted octanol–water partition coefficient (Wildman–Crippen LogP) is 0.416. The van der Waals surface area contributed by atoms with Gasteiger partial charge in [-0.2, -0.15) is 0 Å². The molecule has 4 N–H and O–H groups in total. The van der Waals surface area contributed by atoms with Crippen LogP contribution in [0.4, 0.5) is 0 Å². The third-order valence-electron chi connectivity index (χ3n) is 1.46. The van der Waals surface area contributed by atoms with Gasteiger partial charge in [0.05, 0.1) is 11.7 Å². The molecule has 12 heavy (non-hydrogen) atoms. The Morgan fingerprint density at radius 3 is 2.75 bits per heavy atom. The summed E-state index contributed by atoms with van der Waals surface area (Å²) in [5.74, 6) is 0.0909. The van der Waals surface area contributed by atoms with Gasteiger partial charge in [0.25, 0.3) is 0 Å². The van der Waals surface area contributed by atoms with E-state index in [2.05, 4.69) is 9.98 Å². The lowest BCUT2D eigenvalue weighted by molar-refractivity contribution is 0.780. The molecule has 1 rings (SSSR count). The summed E-state index contributed by atoms with van der Waals surface area (Å²) in [6.45, 7) is 1.89. The summed E-state index contributed by atoms with van der Waals surface area (Å²) in [5.41, 5.74) is 11.3. The molecule has 0 saturated heterocycles. The van der Waals surface area contributed by atoms with E-state index in [4.69, 9.17) is 11.5 Å². The maximum atomic E-state index is 5.23. The van der Waals surface area contributed by atoms with Gasteiger partial charge in [-0.1, -0.05) is 6.07 Å². The molecule has 1 heterocycles. The molecule has 0 fully saturated rings. The Bertz CT molecular complexity index is 264. The zero-order valence-electron chi connectivity index (χ0n) is 6.94.